The summed E-state index contributed by atoms with van der Waals surface area (Å²) in [6.45, 7) is 0.201. The van der Waals surface area contributed by atoms with Crippen molar-refractivity contribution in [2.75, 3.05) is 6.79 Å². The molecule has 0 saturated heterocycles. The number of rotatable bonds is 1. The summed E-state index contributed by atoms with van der Waals surface area (Å²) in [7, 11) is 0. The molecule has 1 aromatic heterocycles. The predicted octanol–water partition coefficient (Wildman–Crippen LogP) is 3.14. The molecule has 4 nitrogen and oxygen atoms in total. The van der Waals surface area contributed by atoms with Crippen molar-refractivity contribution >= 4 is 15.9 Å². The van der Waals surface area contributed by atoms with Crippen molar-refractivity contribution in [3.05, 3.63) is 28.9 Å². The molecule has 2 heterocycles. The molecule has 16 heavy (non-hydrogen) atoms. The van der Waals surface area contributed by atoms with Crippen LogP contribution < -0.4 is 9.47 Å². The molecule has 1 aliphatic heterocycles. The quantitative estimate of drug-likeness (QED) is 0.873. The van der Waals surface area contributed by atoms with E-state index in [1.54, 1.807) is 6.07 Å². The maximum Gasteiger partial charge on any atom is 0.291 e. The highest BCUT2D eigenvalue weighted by Crippen LogP contribution is 2.45. The van der Waals surface area contributed by atoms with Crippen LogP contribution in [0, 0.1) is 0 Å². The van der Waals surface area contributed by atoms with E-state index >= 15 is 0 Å². The smallest absolute Gasteiger partial charge is 0.291 e. The summed E-state index contributed by atoms with van der Waals surface area (Å²) in [5.41, 5.74) is 1.33. The summed E-state index contributed by atoms with van der Waals surface area (Å²) in [6, 6.07) is 7.18. The predicted molar refractivity (Wildman–Crippen MR) is 59.6 cm³/mol. The highest BCUT2D eigenvalue weighted by atomic mass is 79.9. The Labute approximate surface area is 99.5 Å². The molecule has 1 aromatic carbocycles. The SMILES string of the molecule is Oc1oc(Br)cc1-c1cccc2c1OCO2. The van der Waals surface area contributed by atoms with E-state index in [2.05, 4.69) is 15.9 Å². The molecular weight excluding hydrogens is 276 g/mol. The van der Waals surface area contributed by atoms with Crippen molar-refractivity contribution in [3.8, 4) is 28.6 Å². The second-order valence-electron chi connectivity index (χ2n) is 3.31. The fraction of sp³-hybridized carbons (Fsp3) is 0.0909. The molecule has 82 valence electrons. The number of para-hydroxylation sites is 1. The van der Waals surface area contributed by atoms with Crippen LogP contribution in [0.4, 0.5) is 0 Å². The lowest BCUT2D eigenvalue weighted by Gasteiger charge is -2.02. The zero-order chi connectivity index (χ0) is 11.1. The van der Waals surface area contributed by atoms with Gasteiger partial charge in [-0.25, -0.2) is 0 Å². The zero-order valence-corrected chi connectivity index (χ0v) is 9.65. The van der Waals surface area contributed by atoms with Crippen LogP contribution in [0.3, 0.4) is 0 Å². The Kier molecular flexibility index (Phi) is 2.07. The molecule has 0 atom stereocenters. The third kappa shape index (κ3) is 1.36. The van der Waals surface area contributed by atoms with Gasteiger partial charge in [-0.05, 0) is 22.0 Å². The summed E-state index contributed by atoms with van der Waals surface area (Å²) in [5.74, 6) is 1.16. The average Bonchev–Trinajstić information content (AvgIpc) is 2.84. The molecular formula is C11H7BrO4. The van der Waals surface area contributed by atoms with Gasteiger partial charge in [0.2, 0.25) is 6.79 Å². The molecule has 0 saturated carbocycles. The van der Waals surface area contributed by atoms with Crippen molar-refractivity contribution in [2.24, 2.45) is 0 Å². The van der Waals surface area contributed by atoms with Gasteiger partial charge < -0.3 is 19.0 Å². The van der Waals surface area contributed by atoms with Gasteiger partial charge >= 0.3 is 0 Å². The number of benzene rings is 1. The number of hydrogen-bond acceptors (Lipinski definition) is 4. The van der Waals surface area contributed by atoms with E-state index in [0.29, 0.717) is 21.7 Å². The molecule has 5 heteroatoms. The second kappa shape index (κ2) is 3.45. The van der Waals surface area contributed by atoms with Gasteiger partial charge in [0, 0.05) is 11.6 Å². The molecule has 1 N–H and O–H groups in total. The molecule has 0 aliphatic carbocycles. The monoisotopic (exact) mass is 282 g/mol. The van der Waals surface area contributed by atoms with Gasteiger partial charge in [-0.2, -0.15) is 0 Å². The minimum absolute atomic E-state index is 0.143. The van der Waals surface area contributed by atoms with Crippen molar-refractivity contribution in [1.82, 2.24) is 0 Å². The molecule has 0 amide bonds. The summed E-state index contributed by atoms with van der Waals surface area (Å²) in [5, 5.41) is 9.62. The molecule has 0 spiro atoms. The van der Waals surface area contributed by atoms with Crippen molar-refractivity contribution in [3.63, 3.8) is 0 Å². The minimum Gasteiger partial charge on any atom is -0.480 e. The average molecular weight is 283 g/mol. The van der Waals surface area contributed by atoms with E-state index in [1.807, 2.05) is 18.2 Å². The lowest BCUT2D eigenvalue weighted by molar-refractivity contribution is 0.174. The summed E-state index contributed by atoms with van der Waals surface area (Å²) in [4.78, 5) is 0. The topological polar surface area (TPSA) is 51.8 Å². The molecule has 0 fully saturated rings. The van der Waals surface area contributed by atoms with Crippen LogP contribution in [0.25, 0.3) is 11.1 Å². The number of aromatic hydroxyl groups is 1. The van der Waals surface area contributed by atoms with Gasteiger partial charge in [0.25, 0.3) is 5.95 Å². The van der Waals surface area contributed by atoms with Gasteiger partial charge in [0.05, 0.1) is 5.56 Å². The van der Waals surface area contributed by atoms with Gasteiger partial charge in [0.15, 0.2) is 16.2 Å². The van der Waals surface area contributed by atoms with Crippen LogP contribution in [0.15, 0.2) is 33.4 Å². The number of furan rings is 1. The van der Waals surface area contributed by atoms with E-state index in [9.17, 15) is 5.11 Å². The summed E-state index contributed by atoms with van der Waals surface area (Å²) >= 11 is 3.16. The van der Waals surface area contributed by atoms with Gasteiger partial charge in [-0.1, -0.05) is 12.1 Å². The number of halogens is 1. The minimum atomic E-state index is -0.143. The molecule has 0 radical (unpaired) electrons. The molecule has 1 aliphatic rings. The first-order valence-electron chi connectivity index (χ1n) is 4.63. The van der Waals surface area contributed by atoms with Crippen LogP contribution in [0.2, 0.25) is 0 Å². The lowest BCUT2D eigenvalue weighted by Crippen LogP contribution is -1.93. The Balaban J connectivity index is 2.20. The van der Waals surface area contributed by atoms with E-state index < -0.39 is 0 Å². The first-order chi connectivity index (χ1) is 7.75. The third-order valence-electron chi connectivity index (χ3n) is 2.37. The van der Waals surface area contributed by atoms with Gasteiger partial charge in [-0.15, -0.1) is 0 Å². The van der Waals surface area contributed by atoms with Crippen LogP contribution in [-0.4, -0.2) is 11.9 Å². The van der Waals surface area contributed by atoms with Crippen molar-refractivity contribution in [2.45, 2.75) is 0 Å². The molecule has 0 unspecified atom stereocenters. The van der Waals surface area contributed by atoms with Crippen LogP contribution in [0.1, 0.15) is 0 Å². The van der Waals surface area contributed by atoms with E-state index in [-0.39, 0.29) is 12.7 Å². The van der Waals surface area contributed by atoms with Crippen LogP contribution in [0.5, 0.6) is 17.4 Å². The van der Waals surface area contributed by atoms with Crippen molar-refractivity contribution in [1.29, 1.82) is 0 Å². The number of hydrogen-bond donors (Lipinski definition) is 1. The molecule has 3 rings (SSSR count). The molecule has 0 bridgehead atoms. The van der Waals surface area contributed by atoms with Crippen LogP contribution >= 0.6 is 15.9 Å². The number of fused-ring (bicyclic) bond motifs is 1. The highest BCUT2D eigenvalue weighted by molar-refractivity contribution is 9.10. The van der Waals surface area contributed by atoms with E-state index in [0.717, 1.165) is 5.56 Å². The summed E-state index contributed by atoms with van der Waals surface area (Å²) < 4.78 is 16.1. The third-order valence-corrected chi connectivity index (χ3v) is 2.76. The Morgan fingerprint density at radius 2 is 2.06 bits per heavy atom. The van der Waals surface area contributed by atoms with E-state index in [4.69, 9.17) is 13.9 Å². The molecule has 2 aromatic rings. The Bertz CT molecular complexity index is 547. The Hall–Kier alpha value is -1.62. The van der Waals surface area contributed by atoms with Gasteiger partial charge in [0.1, 0.15) is 0 Å². The normalized spacial score (nSPS) is 13.1. The standard InChI is InChI=1S/C11H7BrO4/c12-9-4-7(11(13)16-9)6-2-1-3-8-10(6)15-5-14-8/h1-4,13H,5H2. The first-order valence-corrected chi connectivity index (χ1v) is 5.42. The maximum absolute atomic E-state index is 9.62. The zero-order valence-electron chi connectivity index (χ0n) is 8.07. The first kappa shape index (κ1) is 9.59. The Morgan fingerprint density at radius 1 is 1.19 bits per heavy atom. The lowest BCUT2D eigenvalue weighted by atomic mass is 10.1. The fourth-order valence-electron chi connectivity index (χ4n) is 1.69. The highest BCUT2D eigenvalue weighted by Gasteiger charge is 2.22. The summed E-state index contributed by atoms with van der Waals surface area (Å²) in [6.07, 6.45) is 0. The van der Waals surface area contributed by atoms with Gasteiger partial charge in [-0.3, -0.25) is 0 Å². The maximum atomic E-state index is 9.62. The largest absolute Gasteiger partial charge is 0.480 e. The Morgan fingerprint density at radius 3 is 2.81 bits per heavy atom. The second-order valence-corrected chi connectivity index (χ2v) is 4.09. The van der Waals surface area contributed by atoms with Crippen molar-refractivity contribution < 1.29 is 19.0 Å². The number of ether oxygens (including phenoxy) is 2. The van der Waals surface area contributed by atoms with E-state index in [1.165, 1.54) is 0 Å². The van der Waals surface area contributed by atoms with Crippen LogP contribution in [-0.2, 0) is 0 Å². The fourth-order valence-corrected chi connectivity index (χ4v) is 2.07.